The molecule has 1 aromatic carbocycles. The standard InChI is InChI=1S/C19H28BN3O4/c1-19(2,3)27-18(24)23-9-7-22(8-10-23)13-14-5-6-16-15(11-14)12-17(20(25)26)21(16)4/h5-6,11-12,25-26H,7-10,13H2,1-4H3. The molecule has 1 fully saturated rings. The molecule has 2 heterocycles. The summed E-state index contributed by atoms with van der Waals surface area (Å²) in [5.74, 6) is 0. The summed E-state index contributed by atoms with van der Waals surface area (Å²) < 4.78 is 7.23. The van der Waals surface area contributed by atoms with E-state index in [1.807, 2.05) is 40.0 Å². The molecule has 1 aromatic heterocycles. The summed E-state index contributed by atoms with van der Waals surface area (Å²) in [6.07, 6.45) is -0.247. The Labute approximate surface area is 160 Å². The van der Waals surface area contributed by atoms with Crippen LogP contribution in [0.5, 0.6) is 0 Å². The minimum absolute atomic E-state index is 0.247. The van der Waals surface area contributed by atoms with Crippen molar-refractivity contribution in [3.05, 3.63) is 29.8 Å². The number of hydrogen-bond acceptors (Lipinski definition) is 5. The summed E-state index contributed by atoms with van der Waals surface area (Å²) in [6.45, 7) is 9.34. The minimum Gasteiger partial charge on any atom is -0.444 e. The van der Waals surface area contributed by atoms with Crippen LogP contribution in [0.1, 0.15) is 26.3 Å². The molecule has 2 aromatic rings. The van der Waals surface area contributed by atoms with Crippen molar-refractivity contribution in [2.24, 2.45) is 7.05 Å². The first-order valence-corrected chi connectivity index (χ1v) is 9.29. The van der Waals surface area contributed by atoms with E-state index in [-0.39, 0.29) is 6.09 Å². The van der Waals surface area contributed by atoms with E-state index in [0.29, 0.717) is 18.7 Å². The summed E-state index contributed by atoms with van der Waals surface area (Å²) in [7, 11) is 0.346. The van der Waals surface area contributed by atoms with E-state index in [9.17, 15) is 14.8 Å². The summed E-state index contributed by atoms with van der Waals surface area (Å²) in [5.41, 5.74) is 2.14. The zero-order valence-electron chi connectivity index (χ0n) is 16.5. The molecule has 0 saturated carbocycles. The van der Waals surface area contributed by atoms with E-state index in [0.717, 1.165) is 36.1 Å². The molecule has 0 radical (unpaired) electrons. The number of fused-ring (bicyclic) bond motifs is 1. The summed E-state index contributed by atoms with van der Waals surface area (Å²) in [5, 5.41) is 19.9. The first-order valence-electron chi connectivity index (χ1n) is 9.29. The number of carbonyl (C=O) groups excluding carboxylic acids is 1. The fourth-order valence-electron chi connectivity index (χ4n) is 3.44. The van der Waals surface area contributed by atoms with E-state index < -0.39 is 12.7 Å². The number of aryl methyl sites for hydroxylation is 1. The summed E-state index contributed by atoms with van der Waals surface area (Å²) in [6, 6.07) is 7.97. The van der Waals surface area contributed by atoms with Crippen LogP contribution >= 0.6 is 0 Å². The SMILES string of the molecule is Cn1c(B(O)O)cc2cc(CN3CCN(C(=O)OC(C)(C)C)CC3)ccc21. The monoisotopic (exact) mass is 373 g/mol. The quantitative estimate of drug-likeness (QED) is 0.783. The second kappa shape index (κ2) is 7.54. The van der Waals surface area contributed by atoms with E-state index in [2.05, 4.69) is 17.0 Å². The van der Waals surface area contributed by atoms with Crippen LogP contribution in [0, 0.1) is 0 Å². The van der Waals surface area contributed by atoms with Gasteiger partial charge in [0.15, 0.2) is 0 Å². The van der Waals surface area contributed by atoms with E-state index in [1.54, 1.807) is 9.47 Å². The van der Waals surface area contributed by atoms with Gasteiger partial charge in [-0.15, -0.1) is 0 Å². The molecule has 1 aliphatic heterocycles. The fraction of sp³-hybridized carbons (Fsp3) is 0.526. The third-order valence-electron chi connectivity index (χ3n) is 4.84. The first-order chi connectivity index (χ1) is 12.6. The number of aromatic nitrogens is 1. The third kappa shape index (κ3) is 4.64. The second-order valence-corrected chi connectivity index (χ2v) is 8.14. The molecule has 2 N–H and O–H groups in total. The highest BCUT2D eigenvalue weighted by molar-refractivity contribution is 6.58. The van der Waals surface area contributed by atoms with Crippen LogP contribution in [-0.2, 0) is 18.3 Å². The van der Waals surface area contributed by atoms with Gasteiger partial charge < -0.3 is 24.3 Å². The summed E-state index contributed by atoms with van der Waals surface area (Å²) in [4.78, 5) is 16.2. The molecule has 0 spiro atoms. The number of nitrogens with zero attached hydrogens (tertiary/aromatic N) is 3. The molecular formula is C19H28BN3O4. The highest BCUT2D eigenvalue weighted by atomic mass is 16.6. The van der Waals surface area contributed by atoms with Gasteiger partial charge in [0.2, 0.25) is 0 Å². The normalized spacial score (nSPS) is 16.0. The smallest absolute Gasteiger partial charge is 0.444 e. The lowest BCUT2D eigenvalue weighted by molar-refractivity contribution is 0.0139. The Morgan fingerprint density at radius 2 is 1.81 bits per heavy atom. The molecule has 8 heteroatoms. The van der Waals surface area contributed by atoms with Crippen LogP contribution in [0.25, 0.3) is 10.9 Å². The molecule has 0 unspecified atom stereocenters. The Hall–Kier alpha value is -2.03. The molecule has 0 bridgehead atoms. The van der Waals surface area contributed by atoms with Gasteiger partial charge in [0, 0.05) is 50.9 Å². The lowest BCUT2D eigenvalue weighted by Gasteiger charge is -2.35. The molecule has 0 aliphatic carbocycles. The first kappa shape index (κ1) is 19.7. The van der Waals surface area contributed by atoms with E-state index in [4.69, 9.17) is 4.74 Å². The molecule has 27 heavy (non-hydrogen) atoms. The molecule has 1 aliphatic rings. The number of ether oxygens (including phenoxy) is 1. The predicted molar refractivity (Wildman–Crippen MR) is 106 cm³/mol. The molecule has 7 nitrogen and oxygen atoms in total. The van der Waals surface area contributed by atoms with Gasteiger partial charge in [0.1, 0.15) is 5.60 Å². The van der Waals surface area contributed by atoms with Crippen LogP contribution in [0.2, 0.25) is 0 Å². The zero-order valence-corrected chi connectivity index (χ0v) is 16.5. The number of piperazine rings is 1. The van der Waals surface area contributed by atoms with Crippen LogP contribution in [0.4, 0.5) is 4.79 Å². The van der Waals surface area contributed by atoms with Crippen LogP contribution in [0.15, 0.2) is 24.3 Å². The third-order valence-corrected chi connectivity index (χ3v) is 4.84. The van der Waals surface area contributed by atoms with Gasteiger partial charge in [0.05, 0.1) is 0 Å². The Morgan fingerprint density at radius 3 is 2.41 bits per heavy atom. The Balaban J connectivity index is 1.61. The molecule has 0 atom stereocenters. The lowest BCUT2D eigenvalue weighted by Crippen LogP contribution is -2.49. The van der Waals surface area contributed by atoms with Gasteiger partial charge in [-0.25, -0.2) is 4.79 Å². The van der Waals surface area contributed by atoms with Gasteiger partial charge in [-0.1, -0.05) is 6.07 Å². The van der Waals surface area contributed by atoms with Crippen molar-refractivity contribution in [2.75, 3.05) is 26.2 Å². The van der Waals surface area contributed by atoms with Crippen molar-refractivity contribution in [3.63, 3.8) is 0 Å². The molecule has 1 amide bonds. The van der Waals surface area contributed by atoms with Gasteiger partial charge in [-0.3, -0.25) is 4.90 Å². The molecular weight excluding hydrogens is 345 g/mol. The topological polar surface area (TPSA) is 78.2 Å². The number of carbonyl (C=O) groups is 1. The maximum atomic E-state index is 12.2. The number of rotatable bonds is 3. The van der Waals surface area contributed by atoms with Crippen molar-refractivity contribution in [2.45, 2.75) is 32.9 Å². The van der Waals surface area contributed by atoms with Crippen LogP contribution < -0.4 is 5.59 Å². The highest BCUT2D eigenvalue weighted by Crippen LogP contribution is 2.18. The maximum absolute atomic E-state index is 12.2. The van der Waals surface area contributed by atoms with Gasteiger partial charge in [-0.2, -0.15) is 0 Å². The summed E-state index contributed by atoms with van der Waals surface area (Å²) >= 11 is 0. The van der Waals surface area contributed by atoms with Gasteiger partial charge in [-0.05, 0) is 49.9 Å². The van der Waals surface area contributed by atoms with Crippen LogP contribution in [-0.4, -0.2) is 69.4 Å². The number of benzene rings is 1. The van der Waals surface area contributed by atoms with Crippen molar-refractivity contribution in [3.8, 4) is 0 Å². The fourth-order valence-corrected chi connectivity index (χ4v) is 3.44. The maximum Gasteiger partial charge on any atom is 0.505 e. The van der Waals surface area contributed by atoms with Crippen molar-refractivity contribution >= 4 is 29.7 Å². The highest BCUT2D eigenvalue weighted by Gasteiger charge is 2.26. The van der Waals surface area contributed by atoms with Gasteiger partial charge in [0.25, 0.3) is 0 Å². The number of hydrogen-bond donors (Lipinski definition) is 2. The van der Waals surface area contributed by atoms with Crippen molar-refractivity contribution in [1.29, 1.82) is 0 Å². The van der Waals surface area contributed by atoms with E-state index in [1.165, 1.54) is 0 Å². The Bertz CT molecular complexity index is 820. The molecule has 1 saturated heterocycles. The predicted octanol–water partition coefficient (Wildman–Crippen LogP) is 0.911. The largest absolute Gasteiger partial charge is 0.505 e. The van der Waals surface area contributed by atoms with Crippen molar-refractivity contribution in [1.82, 2.24) is 14.4 Å². The average molecular weight is 373 g/mol. The lowest BCUT2D eigenvalue weighted by atomic mass is 9.86. The van der Waals surface area contributed by atoms with E-state index >= 15 is 0 Å². The number of amides is 1. The average Bonchev–Trinajstić information content (AvgIpc) is 2.90. The van der Waals surface area contributed by atoms with Crippen molar-refractivity contribution < 1.29 is 19.6 Å². The molecule has 3 rings (SSSR count). The van der Waals surface area contributed by atoms with Crippen LogP contribution in [0.3, 0.4) is 0 Å². The van der Waals surface area contributed by atoms with Gasteiger partial charge >= 0.3 is 13.2 Å². The zero-order chi connectivity index (χ0) is 19.8. The second-order valence-electron chi connectivity index (χ2n) is 8.14. The Morgan fingerprint density at radius 1 is 1.15 bits per heavy atom. The molecule has 146 valence electrons. The Kier molecular flexibility index (Phi) is 5.51. The minimum atomic E-state index is -1.48.